The van der Waals surface area contributed by atoms with Crippen LogP contribution in [0.3, 0.4) is 0 Å². The fraction of sp³-hybridized carbons (Fsp3) is 0.440. The van der Waals surface area contributed by atoms with Gasteiger partial charge in [0.1, 0.15) is 0 Å². The Kier molecular flexibility index (Phi) is 4.52. The number of nitrogens with zero attached hydrogens (tertiary/aromatic N) is 5. The van der Waals surface area contributed by atoms with Crippen LogP contribution >= 0.6 is 12.2 Å². The largest absolute Gasteiger partial charge is 0.376 e. The summed E-state index contributed by atoms with van der Waals surface area (Å²) in [4.78, 5) is 5.17. The Labute approximate surface area is 196 Å². The molecule has 1 aromatic carbocycles. The second-order valence-corrected chi connectivity index (χ2v) is 9.96. The van der Waals surface area contributed by atoms with Crippen molar-refractivity contribution >= 4 is 23.3 Å². The first-order valence-electron chi connectivity index (χ1n) is 12.0. The molecule has 3 aromatic heterocycles. The summed E-state index contributed by atoms with van der Waals surface area (Å²) in [6.07, 6.45) is 7.08. The predicted molar refractivity (Wildman–Crippen MR) is 128 cm³/mol. The smallest absolute Gasteiger partial charge is 0.195 e. The lowest BCUT2D eigenvalue weighted by molar-refractivity contribution is 0.0970. The second kappa shape index (κ2) is 7.60. The lowest BCUT2D eigenvalue weighted by Crippen LogP contribution is -2.16. The number of benzene rings is 1. The van der Waals surface area contributed by atoms with Crippen LogP contribution < -0.4 is 0 Å². The van der Waals surface area contributed by atoms with E-state index >= 15 is 0 Å². The summed E-state index contributed by atoms with van der Waals surface area (Å²) in [6.45, 7) is 1.55. The molecule has 0 bridgehead atoms. The summed E-state index contributed by atoms with van der Waals surface area (Å²) >= 11 is 5.66. The van der Waals surface area contributed by atoms with Crippen LogP contribution in [0.4, 0.5) is 0 Å². The molecule has 1 aliphatic heterocycles. The highest BCUT2D eigenvalue weighted by Gasteiger charge is 2.34. The fourth-order valence-electron chi connectivity index (χ4n) is 5.00. The van der Waals surface area contributed by atoms with E-state index in [0.717, 1.165) is 65.5 Å². The first-order valence-corrected chi connectivity index (χ1v) is 12.4. The topological polar surface area (TPSA) is 73.5 Å². The molecule has 1 atom stereocenters. The number of ether oxygens (including phenoxy) is 1. The third kappa shape index (κ3) is 3.43. The van der Waals surface area contributed by atoms with Gasteiger partial charge in [-0.25, -0.2) is 9.67 Å². The highest BCUT2D eigenvalue weighted by atomic mass is 32.1. The standard InChI is InChI=1S/C25H26N6OS/c33-25-28-27-23(30(25)14-18-7-4-12-32-18)19-13-20(15-8-9-15)26-24-21(19)22(16-10-11-16)29-31(24)17-5-2-1-3-6-17/h1-3,5-6,13,15-16,18H,4,7-12,14H2,(H,28,33)/t18-/m1/s1. The van der Waals surface area contributed by atoms with Crippen molar-refractivity contribution in [2.75, 3.05) is 6.61 Å². The number of hydrogen-bond acceptors (Lipinski definition) is 5. The Morgan fingerprint density at radius 2 is 1.88 bits per heavy atom. The van der Waals surface area contributed by atoms with Gasteiger partial charge in [0.15, 0.2) is 16.2 Å². The zero-order valence-electron chi connectivity index (χ0n) is 18.4. The molecule has 7 nitrogen and oxygen atoms in total. The van der Waals surface area contributed by atoms with Crippen molar-refractivity contribution in [3.63, 3.8) is 0 Å². The van der Waals surface area contributed by atoms with Crippen molar-refractivity contribution in [3.05, 3.63) is 52.6 Å². The minimum absolute atomic E-state index is 0.184. The van der Waals surface area contributed by atoms with Crippen LogP contribution in [0, 0.1) is 4.77 Å². The minimum Gasteiger partial charge on any atom is -0.376 e. The molecule has 0 amide bonds. The van der Waals surface area contributed by atoms with Gasteiger partial charge in [-0.3, -0.25) is 9.67 Å². The Hall–Kier alpha value is -2.84. The Balaban J connectivity index is 1.48. The van der Waals surface area contributed by atoms with Gasteiger partial charge in [0.05, 0.1) is 29.4 Å². The van der Waals surface area contributed by atoms with Crippen LogP contribution in [0.15, 0.2) is 36.4 Å². The predicted octanol–water partition coefficient (Wildman–Crippen LogP) is 5.28. The van der Waals surface area contributed by atoms with E-state index in [1.54, 1.807) is 0 Å². The van der Waals surface area contributed by atoms with E-state index in [0.29, 0.717) is 16.6 Å². The lowest BCUT2D eigenvalue weighted by atomic mass is 10.0. The van der Waals surface area contributed by atoms with Gasteiger partial charge in [0, 0.05) is 29.7 Å². The average molecular weight is 459 g/mol. The number of rotatable bonds is 6. The molecule has 2 saturated carbocycles. The van der Waals surface area contributed by atoms with Gasteiger partial charge in [0.2, 0.25) is 0 Å². The van der Waals surface area contributed by atoms with E-state index in [4.69, 9.17) is 32.1 Å². The van der Waals surface area contributed by atoms with Crippen molar-refractivity contribution in [1.29, 1.82) is 0 Å². The average Bonchev–Trinajstić information content (AvgIpc) is 3.76. The highest BCUT2D eigenvalue weighted by Crippen LogP contribution is 2.47. The van der Waals surface area contributed by atoms with Gasteiger partial charge in [-0.05, 0) is 68.9 Å². The van der Waals surface area contributed by atoms with Crippen molar-refractivity contribution in [2.45, 2.75) is 63.0 Å². The number of pyridine rings is 1. The molecule has 4 aromatic rings. The molecular formula is C25H26N6OS. The molecule has 8 heteroatoms. The highest BCUT2D eigenvalue weighted by molar-refractivity contribution is 7.71. The number of aromatic amines is 1. The summed E-state index contributed by atoms with van der Waals surface area (Å²) in [7, 11) is 0. The Morgan fingerprint density at radius 1 is 1.06 bits per heavy atom. The lowest BCUT2D eigenvalue weighted by Gasteiger charge is -2.14. The van der Waals surface area contributed by atoms with E-state index in [1.807, 2.05) is 10.7 Å². The van der Waals surface area contributed by atoms with E-state index in [2.05, 4.69) is 40.0 Å². The number of H-pyrrole nitrogens is 1. The summed E-state index contributed by atoms with van der Waals surface area (Å²) in [6, 6.07) is 12.6. The van der Waals surface area contributed by atoms with Gasteiger partial charge in [0.25, 0.3) is 0 Å². The Morgan fingerprint density at radius 3 is 2.61 bits per heavy atom. The summed E-state index contributed by atoms with van der Waals surface area (Å²) in [5, 5.41) is 14.0. The number of nitrogens with one attached hydrogen (secondary N) is 1. The molecule has 1 saturated heterocycles. The van der Waals surface area contributed by atoms with Crippen LogP contribution in [0.25, 0.3) is 28.1 Å². The molecule has 3 fully saturated rings. The summed E-state index contributed by atoms with van der Waals surface area (Å²) < 4.78 is 10.7. The van der Waals surface area contributed by atoms with Gasteiger partial charge in [-0.1, -0.05) is 18.2 Å². The van der Waals surface area contributed by atoms with Crippen LogP contribution in [0.2, 0.25) is 0 Å². The Bertz CT molecular complexity index is 1390. The third-order valence-corrected chi connectivity index (χ3v) is 7.37. The minimum atomic E-state index is 0.184. The van der Waals surface area contributed by atoms with Gasteiger partial charge >= 0.3 is 0 Å². The number of para-hydroxylation sites is 1. The zero-order valence-corrected chi connectivity index (χ0v) is 19.2. The van der Waals surface area contributed by atoms with E-state index in [-0.39, 0.29) is 6.10 Å². The maximum Gasteiger partial charge on any atom is 0.195 e. The zero-order chi connectivity index (χ0) is 21.9. The van der Waals surface area contributed by atoms with Crippen molar-refractivity contribution in [2.24, 2.45) is 0 Å². The molecule has 2 aliphatic carbocycles. The maximum atomic E-state index is 5.93. The molecule has 0 unspecified atom stereocenters. The SMILES string of the molecule is S=c1[nH]nc(-c2cc(C3CC3)nc3c2c(C2CC2)nn3-c2ccccc2)n1C[C@H]1CCCO1. The number of hydrogen-bond donors (Lipinski definition) is 1. The van der Waals surface area contributed by atoms with Crippen molar-refractivity contribution in [3.8, 4) is 17.1 Å². The number of fused-ring (bicyclic) bond motifs is 1. The third-order valence-electron chi connectivity index (χ3n) is 7.05. The first-order chi connectivity index (χ1) is 16.3. The van der Waals surface area contributed by atoms with Crippen molar-refractivity contribution in [1.82, 2.24) is 29.5 Å². The summed E-state index contributed by atoms with van der Waals surface area (Å²) in [5.41, 5.74) is 5.33. The first kappa shape index (κ1) is 19.6. The monoisotopic (exact) mass is 458 g/mol. The van der Waals surface area contributed by atoms with Crippen LogP contribution in [0.1, 0.15) is 61.7 Å². The molecule has 4 heterocycles. The summed E-state index contributed by atoms with van der Waals surface area (Å²) in [5.74, 6) is 1.88. The molecule has 1 N–H and O–H groups in total. The van der Waals surface area contributed by atoms with Crippen molar-refractivity contribution < 1.29 is 4.74 Å². The molecule has 33 heavy (non-hydrogen) atoms. The molecular weight excluding hydrogens is 432 g/mol. The molecule has 0 spiro atoms. The molecule has 168 valence electrons. The van der Waals surface area contributed by atoms with Crippen LogP contribution in [-0.4, -0.2) is 42.2 Å². The van der Waals surface area contributed by atoms with Gasteiger partial charge < -0.3 is 4.74 Å². The molecule has 7 rings (SSSR count). The normalized spacial score (nSPS) is 20.7. The van der Waals surface area contributed by atoms with E-state index < -0.39 is 0 Å². The van der Waals surface area contributed by atoms with Crippen LogP contribution in [-0.2, 0) is 11.3 Å². The molecule has 0 radical (unpaired) electrons. The van der Waals surface area contributed by atoms with Gasteiger partial charge in [-0.2, -0.15) is 10.2 Å². The maximum absolute atomic E-state index is 5.93. The van der Waals surface area contributed by atoms with Crippen LogP contribution in [0.5, 0.6) is 0 Å². The quantitative estimate of drug-likeness (QED) is 0.398. The van der Waals surface area contributed by atoms with E-state index in [1.165, 1.54) is 25.7 Å². The number of aromatic nitrogens is 6. The molecule has 3 aliphatic rings. The van der Waals surface area contributed by atoms with Gasteiger partial charge in [-0.15, -0.1) is 0 Å². The second-order valence-electron chi connectivity index (χ2n) is 9.57. The fourth-order valence-corrected chi connectivity index (χ4v) is 5.21. The van der Waals surface area contributed by atoms with E-state index in [9.17, 15) is 0 Å².